The Hall–Kier alpha value is -3.45. The second kappa shape index (κ2) is 9.30. The summed E-state index contributed by atoms with van der Waals surface area (Å²) in [6.07, 6.45) is -3.77. The van der Waals surface area contributed by atoms with Crippen LogP contribution in [0.25, 0.3) is 10.9 Å². The highest BCUT2D eigenvalue weighted by Crippen LogP contribution is 2.45. The molecule has 180 valence electrons. The number of pyridine rings is 1. The van der Waals surface area contributed by atoms with Crippen LogP contribution in [0.15, 0.2) is 66.7 Å². The lowest BCUT2D eigenvalue weighted by Crippen LogP contribution is -2.19. The average molecular weight is 499 g/mol. The van der Waals surface area contributed by atoms with Gasteiger partial charge in [-0.3, -0.25) is 0 Å². The van der Waals surface area contributed by atoms with E-state index < -0.39 is 12.8 Å². The van der Waals surface area contributed by atoms with Crippen molar-refractivity contribution >= 4 is 33.9 Å². The van der Waals surface area contributed by atoms with E-state index in [-0.39, 0.29) is 10.9 Å². The molecular formula is C27H22ClF3N2O2. The number of halogens is 4. The van der Waals surface area contributed by atoms with Crippen LogP contribution in [0.4, 0.5) is 24.5 Å². The van der Waals surface area contributed by atoms with Gasteiger partial charge < -0.3 is 14.4 Å². The van der Waals surface area contributed by atoms with Crippen LogP contribution in [0.2, 0.25) is 5.15 Å². The Labute approximate surface area is 205 Å². The molecule has 0 amide bonds. The highest BCUT2D eigenvalue weighted by atomic mass is 35.5. The van der Waals surface area contributed by atoms with Gasteiger partial charge in [0.2, 0.25) is 0 Å². The van der Waals surface area contributed by atoms with Crippen LogP contribution in [0, 0.1) is 6.92 Å². The highest BCUT2D eigenvalue weighted by Gasteiger charge is 2.31. The van der Waals surface area contributed by atoms with E-state index in [1.807, 2.05) is 61.5 Å². The lowest BCUT2D eigenvalue weighted by molar-refractivity contribution is -0.153. The van der Waals surface area contributed by atoms with Crippen LogP contribution in [-0.2, 0) is 13.0 Å². The average Bonchev–Trinajstić information content (AvgIpc) is 3.28. The van der Waals surface area contributed by atoms with Gasteiger partial charge in [-0.05, 0) is 48.7 Å². The minimum Gasteiger partial charge on any atom is -0.489 e. The van der Waals surface area contributed by atoms with Crippen molar-refractivity contribution in [2.45, 2.75) is 26.1 Å². The van der Waals surface area contributed by atoms with E-state index in [9.17, 15) is 13.2 Å². The van der Waals surface area contributed by atoms with Gasteiger partial charge in [0.25, 0.3) is 0 Å². The SMILES string of the molecule is Cc1cc(OCc2ccccc2)ccc1N1CCc2c(Cl)nc3c(OCC(F)(F)F)cccc3c21. The molecule has 35 heavy (non-hydrogen) atoms. The Morgan fingerprint density at radius 2 is 1.80 bits per heavy atom. The number of aryl methyl sites for hydroxylation is 1. The molecule has 1 aliphatic heterocycles. The number of rotatable bonds is 6. The van der Waals surface area contributed by atoms with E-state index in [4.69, 9.17) is 21.1 Å². The standard InChI is InChI=1S/C27H22ClF3N2O2/c1-17-14-19(34-15-18-6-3-2-4-7-18)10-11-22(17)33-13-12-21-25(33)20-8-5-9-23(24(20)32-26(21)28)35-16-27(29,30)31/h2-11,14H,12-13,15-16H2,1H3. The van der Waals surface area contributed by atoms with Crippen LogP contribution >= 0.6 is 11.6 Å². The molecule has 4 nitrogen and oxygen atoms in total. The van der Waals surface area contributed by atoms with Gasteiger partial charge in [0.15, 0.2) is 6.61 Å². The Kier molecular flexibility index (Phi) is 6.19. The summed E-state index contributed by atoms with van der Waals surface area (Å²) in [5.41, 5.74) is 5.09. The van der Waals surface area contributed by atoms with Gasteiger partial charge in [-0.2, -0.15) is 13.2 Å². The van der Waals surface area contributed by atoms with E-state index in [0.717, 1.165) is 33.8 Å². The van der Waals surface area contributed by atoms with Gasteiger partial charge in [-0.25, -0.2) is 4.98 Å². The van der Waals surface area contributed by atoms with Crippen molar-refractivity contribution in [3.63, 3.8) is 0 Å². The number of hydrogen-bond acceptors (Lipinski definition) is 4. The minimum atomic E-state index is -4.45. The zero-order valence-corrected chi connectivity index (χ0v) is 19.7. The molecule has 0 bridgehead atoms. The number of hydrogen-bond donors (Lipinski definition) is 0. The molecule has 0 atom stereocenters. The van der Waals surface area contributed by atoms with E-state index >= 15 is 0 Å². The van der Waals surface area contributed by atoms with Gasteiger partial charge in [-0.1, -0.05) is 54.1 Å². The number of fused-ring (bicyclic) bond motifs is 3. The van der Waals surface area contributed by atoms with Crippen molar-refractivity contribution in [1.29, 1.82) is 0 Å². The first-order valence-corrected chi connectivity index (χ1v) is 11.5. The summed E-state index contributed by atoms with van der Waals surface area (Å²) in [7, 11) is 0. The molecule has 0 spiro atoms. The smallest absolute Gasteiger partial charge is 0.422 e. The summed E-state index contributed by atoms with van der Waals surface area (Å²) in [6.45, 7) is 1.76. The molecule has 2 heterocycles. The summed E-state index contributed by atoms with van der Waals surface area (Å²) in [4.78, 5) is 6.53. The van der Waals surface area contributed by atoms with E-state index in [1.165, 1.54) is 6.07 Å². The van der Waals surface area contributed by atoms with Crippen molar-refractivity contribution < 1.29 is 22.6 Å². The lowest BCUT2D eigenvalue weighted by Gasteiger charge is -2.24. The molecule has 0 fully saturated rings. The van der Waals surface area contributed by atoms with E-state index in [2.05, 4.69) is 9.88 Å². The van der Waals surface area contributed by atoms with Gasteiger partial charge in [0.05, 0.1) is 5.69 Å². The van der Waals surface area contributed by atoms with Gasteiger partial charge >= 0.3 is 6.18 Å². The molecular weight excluding hydrogens is 477 g/mol. The molecule has 4 aromatic rings. The predicted octanol–water partition coefficient (Wildman–Crippen LogP) is 7.41. The fraction of sp³-hybridized carbons (Fsp3) is 0.222. The summed E-state index contributed by atoms with van der Waals surface area (Å²) >= 11 is 6.49. The number of ether oxygens (including phenoxy) is 2. The zero-order valence-electron chi connectivity index (χ0n) is 18.9. The number of alkyl halides is 3. The summed E-state index contributed by atoms with van der Waals surface area (Å²) < 4.78 is 49.3. The van der Waals surface area contributed by atoms with Crippen LogP contribution in [-0.4, -0.2) is 24.3 Å². The Morgan fingerprint density at radius 1 is 1.00 bits per heavy atom. The fourth-order valence-corrected chi connectivity index (χ4v) is 4.67. The first kappa shape index (κ1) is 23.3. The number of aromatic nitrogens is 1. The van der Waals surface area contributed by atoms with Crippen LogP contribution in [0.5, 0.6) is 11.5 Å². The maximum atomic E-state index is 12.8. The maximum absolute atomic E-state index is 12.8. The van der Waals surface area contributed by atoms with Crippen molar-refractivity contribution in [3.05, 3.63) is 88.6 Å². The highest BCUT2D eigenvalue weighted by molar-refractivity contribution is 6.31. The third-order valence-electron chi connectivity index (χ3n) is 5.95. The predicted molar refractivity (Wildman–Crippen MR) is 131 cm³/mol. The molecule has 0 N–H and O–H groups in total. The van der Waals surface area contributed by atoms with Crippen molar-refractivity contribution in [2.75, 3.05) is 18.1 Å². The van der Waals surface area contributed by atoms with Gasteiger partial charge in [-0.15, -0.1) is 0 Å². The molecule has 8 heteroatoms. The van der Waals surface area contributed by atoms with Crippen molar-refractivity contribution in [1.82, 2.24) is 4.98 Å². The molecule has 1 aliphatic rings. The molecule has 3 aromatic carbocycles. The van der Waals surface area contributed by atoms with E-state index in [0.29, 0.717) is 30.5 Å². The molecule has 0 aliphatic carbocycles. The second-order valence-electron chi connectivity index (χ2n) is 8.41. The number of nitrogens with zero attached hydrogens (tertiary/aromatic N) is 2. The molecule has 1 aromatic heterocycles. The maximum Gasteiger partial charge on any atom is 0.422 e. The normalized spacial score (nSPS) is 13.2. The van der Waals surface area contributed by atoms with Gasteiger partial charge in [0.1, 0.15) is 28.8 Å². The first-order chi connectivity index (χ1) is 16.8. The summed E-state index contributed by atoms with van der Waals surface area (Å²) in [5.74, 6) is 0.813. The van der Waals surface area contributed by atoms with Crippen LogP contribution in [0.3, 0.4) is 0 Å². The molecule has 0 saturated carbocycles. The van der Waals surface area contributed by atoms with E-state index in [1.54, 1.807) is 6.07 Å². The van der Waals surface area contributed by atoms with Crippen LogP contribution < -0.4 is 14.4 Å². The molecule has 0 unspecified atom stereocenters. The Bertz CT molecular complexity index is 1380. The molecule has 5 rings (SSSR count). The quantitative estimate of drug-likeness (QED) is 0.259. The van der Waals surface area contributed by atoms with Crippen molar-refractivity contribution in [3.8, 4) is 11.5 Å². The topological polar surface area (TPSA) is 34.6 Å². The third-order valence-corrected chi connectivity index (χ3v) is 6.27. The molecule has 0 radical (unpaired) electrons. The van der Waals surface area contributed by atoms with Crippen molar-refractivity contribution in [2.24, 2.45) is 0 Å². The second-order valence-corrected chi connectivity index (χ2v) is 8.77. The van der Waals surface area contributed by atoms with Gasteiger partial charge in [0, 0.05) is 23.2 Å². The van der Waals surface area contributed by atoms with Crippen LogP contribution in [0.1, 0.15) is 16.7 Å². The number of benzene rings is 3. The zero-order chi connectivity index (χ0) is 24.6. The largest absolute Gasteiger partial charge is 0.489 e. The molecule has 0 saturated heterocycles. The fourth-order valence-electron chi connectivity index (χ4n) is 4.40. The summed E-state index contributed by atoms with van der Waals surface area (Å²) in [6, 6.07) is 20.8. The Balaban J connectivity index is 1.47. The minimum absolute atomic E-state index is 0.0535. The summed E-state index contributed by atoms with van der Waals surface area (Å²) in [5, 5.41) is 0.976. The first-order valence-electron chi connectivity index (χ1n) is 11.2. The number of para-hydroxylation sites is 1. The Morgan fingerprint density at radius 3 is 2.54 bits per heavy atom. The number of anilines is 2. The lowest BCUT2D eigenvalue weighted by atomic mass is 10.1. The monoisotopic (exact) mass is 498 g/mol. The third kappa shape index (κ3) is 4.86.